The topological polar surface area (TPSA) is 70.6 Å². The van der Waals surface area contributed by atoms with Gasteiger partial charge in [0.05, 0.1) is 12.3 Å². The van der Waals surface area contributed by atoms with Crippen molar-refractivity contribution in [3.05, 3.63) is 22.4 Å². The van der Waals surface area contributed by atoms with Crippen LogP contribution >= 0.6 is 35.3 Å². The van der Waals surface area contributed by atoms with Crippen LogP contribution in [-0.4, -0.2) is 39.5 Å². The molecule has 1 rings (SSSR count). The zero-order valence-electron chi connectivity index (χ0n) is 13.3. The van der Waals surface area contributed by atoms with Gasteiger partial charge >= 0.3 is 0 Å². The van der Waals surface area contributed by atoms with Crippen LogP contribution in [0.2, 0.25) is 0 Å². The Morgan fingerprint density at radius 2 is 2.09 bits per heavy atom. The van der Waals surface area contributed by atoms with E-state index in [4.69, 9.17) is 0 Å². The number of guanidine groups is 1. The lowest BCUT2D eigenvalue weighted by molar-refractivity contribution is 0.596. The molecule has 1 heterocycles. The van der Waals surface area contributed by atoms with Crippen LogP contribution in [0.1, 0.15) is 25.1 Å². The highest BCUT2D eigenvalue weighted by Gasteiger charge is 2.04. The van der Waals surface area contributed by atoms with Crippen molar-refractivity contribution in [3.63, 3.8) is 0 Å². The number of thiophene rings is 1. The van der Waals surface area contributed by atoms with Crippen molar-refractivity contribution in [3.8, 4) is 0 Å². The summed E-state index contributed by atoms with van der Waals surface area (Å²) in [6.07, 6.45) is 1.84. The summed E-state index contributed by atoms with van der Waals surface area (Å²) in [5.41, 5.74) is 0. The van der Waals surface area contributed by atoms with Crippen molar-refractivity contribution < 1.29 is 8.42 Å². The molecule has 8 heteroatoms. The van der Waals surface area contributed by atoms with Crippen molar-refractivity contribution in [1.29, 1.82) is 0 Å². The predicted octanol–water partition coefficient (Wildman–Crippen LogP) is 2.49. The maximum Gasteiger partial charge on any atom is 0.191 e. The van der Waals surface area contributed by atoms with Crippen LogP contribution in [0.4, 0.5) is 0 Å². The minimum atomic E-state index is -2.89. The second-order valence-electron chi connectivity index (χ2n) is 5.43. The molecule has 22 heavy (non-hydrogen) atoms. The SMILES string of the molecule is CC(C)CNC(=NCc1cccs1)NCCCS(C)(=O)=O.I. The maximum atomic E-state index is 11.1. The first-order valence-corrected chi connectivity index (χ1v) is 10.0. The number of halogens is 1. The van der Waals surface area contributed by atoms with Crippen LogP contribution < -0.4 is 10.6 Å². The molecule has 1 aromatic rings. The van der Waals surface area contributed by atoms with Crippen molar-refractivity contribution in [2.24, 2.45) is 10.9 Å². The Hall–Kier alpha value is -0.350. The van der Waals surface area contributed by atoms with Crippen molar-refractivity contribution in [1.82, 2.24) is 10.6 Å². The second-order valence-corrected chi connectivity index (χ2v) is 8.72. The molecule has 0 saturated heterocycles. The van der Waals surface area contributed by atoms with Crippen LogP contribution in [0, 0.1) is 5.92 Å². The van der Waals surface area contributed by atoms with E-state index in [0.717, 1.165) is 12.5 Å². The summed E-state index contributed by atoms with van der Waals surface area (Å²) in [5.74, 6) is 1.46. The summed E-state index contributed by atoms with van der Waals surface area (Å²) < 4.78 is 22.2. The first-order valence-electron chi connectivity index (χ1n) is 7.09. The highest BCUT2D eigenvalue weighted by Crippen LogP contribution is 2.09. The van der Waals surface area contributed by atoms with Gasteiger partial charge in [0.25, 0.3) is 0 Å². The number of nitrogens with one attached hydrogen (secondary N) is 2. The van der Waals surface area contributed by atoms with Gasteiger partial charge in [0, 0.05) is 24.2 Å². The predicted molar refractivity (Wildman–Crippen MR) is 106 cm³/mol. The molecule has 0 aromatic carbocycles. The molecule has 128 valence electrons. The number of hydrogen-bond acceptors (Lipinski definition) is 4. The molecule has 0 fully saturated rings. The number of sulfone groups is 1. The van der Waals surface area contributed by atoms with Gasteiger partial charge in [-0.15, -0.1) is 35.3 Å². The maximum absolute atomic E-state index is 11.1. The Labute approximate surface area is 154 Å². The highest BCUT2D eigenvalue weighted by molar-refractivity contribution is 14.0. The smallest absolute Gasteiger partial charge is 0.191 e. The molecule has 0 bridgehead atoms. The third-order valence-electron chi connectivity index (χ3n) is 2.64. The monoisotopic (exact) mass is 459 g/mol. The van der Waals surface area contributed by atoms with Crippen LogP contribution in [0.25, 0.3) is 0 Å². The quantitative estimate of drug-likeness (QED) is 0.271. The molecule has 5 nitrogen and oxygen atoms in total. The molecular weight excluding hydrogens is 433 g/mol. The fourth-order valence-corrected chi connectivity index (χ4v) is 2.87. The van der Waals surface area contributed by atoms with Crippen LogP contribution in [0.5, 0.6) is 0 Å². The van der Waals surface area contributed by atoms with E-state index >= 15 is 0 Å². The van der Waals surface area contributed by atoms with Gasteiger partial charge in [0.2, 0.25) is 0 Å². The Balaban J connectivity index is 0.00000441. The van der Waals surface area contributed by atoms with Gasteiger partial charge < -0.3 is 10.6 Å². The Kier molecular flexibility index (Phi) is 11.0. The van der Waals surface area contributed by atoms with E-state index in [1.54, 1.807) is 11.3 Å². The molecular formula is C14H26IN3O2S2. The van der Waals surface area contributed by atoms with E-state index in [-0.39, 0.29) is 29.7 Å². The minimum absolute atomic E-state index is 0. The number of rotatable bonds is 8. The largest absolute Gasteiger partial charge is 0.356 e. The van der Waals surface area contributed by atoms with Gasteiger partial charge in [-0.2, -0.15) is 0 Å². The molecule has 0 spiro atoms. The zero-order valence-corrected chi connectivity index (χ0v) is 17.3. The number of aliphatic imine (C=N–C) groups is 1. The highest BCUT2D eigenvalue weighted by atomic mass is 127. The summed E-state index contributed by atoms with van der Waals surface area (Å²) in [4.78, 5) is 5.73. The Morgan fingerprint density at radius 3 is 2.64 bits per heavy atom. The average Bonchev–Trinajstić information content (AvgIpc) is 2.88. The minimum Gasteiger partial charge on any atom is -0.356 e. The summed E-state index contributed by atoms with van der Waals surface area (Å²) in [6.45, 7) is 6.34. The standard InChI is InChI=1S/C14H25N3O2S2.HI/c1-12(2)10-16-14(15-7-5-9-21(3,18)19)17-11-13-6-4-8-20-13;/h4,6,8,12H,5,7,9-11H2,1-3H3,(H2,15,16,17);1H. The molecule has 0 amide bonds. The lowest BCUT2D eigenvalue weighted by atomic mass is 10.2. The molecule has 2 N–H and O–H groups in total. The van der Waals surface area contributed by atoms with E-state index < -0.39 is 9.84 Å². The van der Waals surface area contributed by atoms with Crippen LogP contribution in [-0.2, 0) is 16.4 Å². The van der Waals surface area contributed by atoms with E-state index in [2.05, 4.69) is 35.5 Å². The third kappa shape index (κ3) is 11.2. The number of hydrogen-bond donors (Lipinski definition) is 2. The molecule has 0 aliphatic rings. The normalized spacial score (nSPS) is 12.1. The van der Waals surface area contributed by atoms with E-state index in [9.17, 15) is 8.42 Å². The fraction of sp³-hybridized carbons (Fsp3) is 0.643. The van der Waals surface area contributed by atoms with Crippen LogP contribution in [0.3, 0.4) is 0 Å². The molecule has 0 atom stereocenters. The molecule has 0 aliphatic carbocycles. The van der Waals surface area contributed by atoms with E-state index in [1.807, 2.05) is 11.4 Å². The summed E-state index contributed by atoms with van der Waals surface area (Å²) in [7, 11) is -2.89. The van der Waals surface area contributed by atoms with Gasteiger partial charge in [-0.1, -0.05) is 19.9 Å². The van der Waals surface area contributed by atoms with Crippen molar-refractivity contribution >= 4 is 51.1 Å². The molecule has 0 unspecified atom stereocenters. The van der Waals surface area contributed by atoms with Crippen LogP contribution in [0.15, 0.2) is 22.5 Å². The van der Waals surface area contributed by atoms with Gasteiger partial charge in [-0.05, 0) is 23.8 Å². The molecule has 0 saturated carbocycles. The Morgan fingerprint density at radius 1 is 1.36 bits per heavy atom. The number of nitrogens with zero attached hydrogens (tertiary/aromatic N) is 1. The van der Waals surface area contributed by atoms with Crippen molar-refractivity contribution in [2.75, 3.05) is 25.1 Å². The van der Waals surface area contributed by atoms with Gasteiger partial charge in [-0.3, -0.25) is 0 Å². The average molecular weight is 459 g/mol. The first-order chi connectivity index (χ1) is 9.87. The summed E-state index contributed by atoms with van der Waals surface area (Å²) in [6, 6.07) is 4.06. The van der Waals surface area contributed by atoms with Gasteiger partial charge in [-0.25, -0.2) is 13.4 Å². The second kappa shape index (κ2) is 11.2. The molecule has 1 aromatic heterocycles. The third-order valence-corrected chi connectivity index (χ3v) is 4.53. The fourth-order valence-electron chi connectivity index (χ4n) is 1.58. The van der Waals surface area contributed by atoms with E-state index in [1.165, 1.54) is 11.1 Å². The molecule has 0 aliphatic heterocycles. The first kappa shape index (κ1) is 21.6. The lowest BCUT2D eigenvalue weighted by Crippen LogP contribution is -2.40. The Bertz CT molecular complexity index is 528. The van der Waals surface area contributed by atoms with Crippen molar-refractivity contribution in [2.45, 2.75) is 26.8 Å². The molecule has 0 radical (unpaired) electrons. The zero-order chi connectivity index (χ0) is 15.7. The summed E-state index contributed by atoms with van der Waals surface area (Å²) in [5, 5.41) is 8.50. The van der Waals surface area contributed by atoms with E-state index in [0.29, 0.717) is 25.4 Å². The van der Waals surface area contributed by atoms with Gasteiger partial charge in [0.15, 0.2) is 5.96 Å². The summed E-state index contributed by atoms with van der Waals surface area (Å²) >= 11 is 1.68. The van der Waals surface area contributed by atoms with Gasteiger partial charge in [0.1, 0.15) is 9.84 Å². The lowest BCUT2D eigenvalue weighted by Gasteiger charge is -2.14.